The van der Waals surface area contributed by atoms with Crippen LogP contribution in [0.3, 0.4) is 0 Å². The van der Waals surface area contributed by atoms with Crippen molar-refractivity contribution in [3.63, 3.8) is 0 Å². The number of anilines is 1. The van der Waals surface area contributed by atoms with Gasteiger partial charge in [0, 0.05) is 10.6 Å². The molecule has 2 aromatic carbocycles. The first-order chi connectivity index (χ1) is 14.0. The van der Waals surface area contributed by atoms with E-state index in [9.17, 15) is 9.59 Å². The molecule has 150 valence electrons. The van der Waals surface area contributed by atoms with E-state index in [1.807, 2.05) is 79.9 Å². The van der Waals surface area contributed by atoms with Crippen molar-refractivity contribution >= 4 is 28.8 Å². The van der Waals surface area contributed by atoms with Crippen LogP contribution in [-0.2, 0) is 9.59 Å². The van der Waals surface area contributed by atoms with Gasteiger partial charge < -0.3 is 10.6 Å². The Morgan fingerprint density at radius 3 is 2.41 bits per heavy atom. The molecule has 3 N–H and O–H groups in total. The van der Waals surface area contributed by atoms with Crippen LogP contribution in [0.4, 0.5) is 5.69 Å². The van der Waals surface area contributed by atoms with E-state index in [4.69, 9.17) is 0 Å². The van der Waals surface area contributed by atoms with Crippen molar-refractivity contribution < 1.29 is 9.59 Å². The van der Waals surface area contributed by atoms with E-state index in [0.29, 0.717) is 0 Å². The molecule has 0 aliphatic heterocycles. The van der Waals surface area contributed by atoms with Crippen molar-refractivity contribution in [2.24, 2.45) is 0 Å². The quantitative estimate of drug-likeness (QED) is 0.532. The SMILES string of the molecule is Cc1cccc(NC(=O)CNC(=O)CN[C@@H](c2ccccc2)c2cccs2)c1C. The van der Waals surface area contributed by atoms with Crippen molar-refractivity contribution in [2.75, 3.05) is 18.4 Å². The van der Waals surface area contributed by atoms with Crippen LogP contribution < -0.4 is 16.0 Å². The van der Waals surface area contributed by atoms with Crippen LogP contribution in [0.1, 0.15) is 27.6 Å². The van der Waals surface area contributed by atoms with E-state index in [-0.39, 0.29) is 30.9 Å². The van der Waals surface area contributed by atoms with Gasteiger partial charge in [-0.2, -0.15) is 0 Å². The highest BCUT2D eigenvalue weighted by Gasteiger charge is 2.16. The summed E-state index contributed by atoms with van der Waals surface area (Å²) in [4.78, 5) is 25.6. The third-order valence-corrected chi connectivity index (χ3v) is 5.69. The van der Waals surface area contributed by atoms with E-state index in [2.05, 4.69) is 16.0 Å². The fourth-order valence-electron chi connectivity index (χ4n) is 3.00. The molecule has 1 aromatic heterocycles. The smallest absolute Gasteiger partial charge is 0.243 e. The maximum Gasteiger partial charge on any atom is 0.243 e. The summed E-state index contributed by atoms with van der Waals surface area (Å²) in [5.74, 6) is -0.469. The number of rotatable bonds is 8. The van der Waals surface area contributed by atoms with Crippen molar-refractivity contribution in [1.29, 1.82) is 0 Å². The molecular weight excluding hydrogens is 382 g/mol. The molecule has 0 unspecified atom stereocenters. The average Bonchev–Trinajstić information content (AvgIpc) is 3.25. The lowest BCUT2D eigenvalue weighted by atomic mass is 10.1. The molecule has 29 heavy (non-hydrogen) atoms. The van der Waals surface area contributed by atoms with Crippen LogP contribution in [0.5, 0.6) is 0 Å². The second-order valence-corrected chi connectivity index (χ2v) is 7.79. The number of nitrogens with one attached hydrogen (secondary N) is 3. The fraction of sp³-hybridized carbons (Fsp3) is 0.217. The average molecular weight is 408 g/mol. The lowest BCUT2D eigenvalue weighted by molar-refractivity contribution is -0.123. The van der Waals surface area contributed by atoms with Crippen molar-refractivity contribution in [1.82, 2.24) is 10.6 Å². The number of amides is 2. The van der Waals surface area contributed by atoms with E-state index in [1.165, 1.54) is 0 Å². The highest BCUT2D eigenvalue weighted by atomic mass is 32.1. The maximum absolute atomic E-state index is 12.3. The fourth-order valence-corrected chi connectivity index (χ4v) is 3.83. The lowest BCUT2D eigenvalue weighted by Crippen LogP contribution is -2.39. The molecule has 5 nitrogen and oxygen atoms in total. The molecule has 6 heteroatoms. The van der Waals surface area contributed by atoms with Crippen LogP contribution in [0, 0.1) is 13.8 Å². The Hall–Kier alpha value is -2.96. The monoisotopic (exact) mass is 407 g/mol. The molecule has 2 amide bonds. The molecule has 0 spiro atoms. The van der Waals surface area contributed by atoms with Gasteiger partial charge in [-0.05, 0) is 48.1 Å². The Morgan fingerprint density at radius 2 is 1.69 bits per heavy atom. The molecule has 0 saturated heterocycles. The summed E-state index contributed by atoms with van der Waals surface area (Å²) < 4.78 is 0. The second-order valence-electron chi connectivity index (χ2n) is 6.81. The minimum atomic E-state index is -0.245. The van der Waals surface area contributed by atoms with Crippen LogP contribution >= 0.6 is 11.3 Å². The normalized spacial score (nSPS) is 11.7. The predicted molar refractivity (Wildman–Crippen MR) is 118 cm³/mol. The molecule has 1 heterocycles. The van der Waals surface area contributed by atoms with Crippen molar-refractivity contribution in [3.05, 3.63) is 87.6 Å². The van der Waals surface area contributed by atoms with Crippen LogP contribution in [-0.4, -0.2) is 24.9 Å². The zero-order valence-electron chi connectivity index (χ0n) is 16.6. The summed E-state index contributed by atoms with van der Waals surface area (Å²) in [7, 11) is 0. The number of carbonyl (C=O) groups excluding carboxylic acids is 2. The molecule has 0 aliphatic rings. The van der Waals surface area contributed by atoms with Gasteiger partial charge in [0.2, 0.25) is 11.8 Å². The Morgan fingerprint density at radius 1 is 0.897 bits per heavy atom. The van der Waals surface area contributed by atoms with E-state index < -0.39 is 0 Å². The third kappa shape index (κ3) is 5.76. The summed E-state index contributed by atoms with van der Waals surface area (Å²) in [6, 6.07) is 19.7. The number of aryl methyl sites for hydroxylation is 1. The molecule has 0 radical (unpaired) electrons. The number of carbonyl (C=O) groups is 2. The Kier molecular flexibility index (Phi) is 7.16. The van der Waals surface area contributed by atoms with Crippen molar-refractivity contribution in [2.45, 2.75) is 19.9 Å². The standard InChI is InChI=1S/C23H25N3O2S/c1-16-8-6-11-19(17(16)2)26-22(28)15-24-21(27)14-25-23(20-12-7-13-29-20)18-9-4-3-5-10-18/h3-13,23,25H,14-15H2,1-2H3,(H,24,27)(H,26,28)/t23-/m0/s1. The largest absolute Gasteiger partial charge is 0.346 e. The summed E-state index contributed by atoms with van der Waals surface area (Å²) in [6.07, 6.45) is 0. The first-order valence-corrected chi connectivity index (χ1v) is 10.4. The molecule has 0 fully saturated rings. The second kappa shape index (κ2) is 10.0. The van der Waals surface area contributed by atoms with E-state index in [0.717, 1.165) is 27.3 Å². The first kappa shape index (κ1) is 20.8. The zero-order valence-corrected chi connectivity index (χ0v) is 17.4. The molecular formula is C23H25N3O2S. The van der Waals surface area contributed by atoms with Gasteiger partial charge in [-0.15, -0.1) is 11.3 Å². The number of hydrogen-bond donors (Lipinski definition) is 3. The predicted octanol–water partition coefficient (Wildman–Crippen LogP) is 3.80. The summed E-state index contributed by atoms with van der Waals surface area (Å²) >= 11 is 1.64. The van der Waals surface area contributed by atoms with Gasteiger partial charge in [-0.3, -0.25) is 14.9 Å². The zero-order chi connectivity index (χ0) is 20.6. The van der Waals surface area contributed by atoms with Crippen molar-refractivity contribution in [3.8, 4) is 0 Å². The summed E-state index contributed by atoms with van der Waals surface area (Å²) in [5, 5.41) is 10.8. The van der Waals surface area contributed by atoms with Gasteiger partial charge >= 0.3 is 0 Å². The van der Waals surface area contributed by atoms with Gasteiger partial charge in [-0.25, -0.2) is 0 Å². The minimum absolute atomic E-state index is 0.0641. The number of benzene rings is 2. The first-order valence-electron chi connectivity index (χ1n) is 9.49. The minimum Gasteiger partial charge on any atom is -0.346 e. The Balaban J connectivity index is 1.52. The molecule has 3 aromatic rings. The Bertz CT molecular complexity index is 956. The third-order valence-electron chi connectivity index (χ3n) is 4.75. The van der Waals surface area contributed by atoms with Gasteiger partial charge in [0.05, 0.1) is 19.1 Å². The Labute approximate surface area is 175 Å². The van der Waals surface area contributed by atoms with Gasteiger partial charge in [0.1, 0.15) is 0 Å². The van der Waals surface area contributed by atoms with Gasteiger partial charge in [0.15, 0.2) is 0 Å². The molecule has 3 rings (SSSR count). The van der Waals surface area contributed by atoms with E-state index in [1.54, 1.807) is 11.3 Å². The molecule has 0 bridgehead atoms. The number of hydrogen-bond acceptors (Lipinski definition) is 4. The topological polar surface area (TPSA) is 70.2 Å². The lowest BCUT2D eigenvalue weighted by Gasteiger charge is -2.18. The highest BCUT2D eigenvalue weighted by Crippen LogP contribution is 2.25. The van der Waals surface area contributed by atoms with E-state index >= 15 is 0 Å². The van der Waals surface area contributed by atoms with Crippen LogP contribution in [0.2, 0.25) is 0 Å². The molecule has 0 aliphatic carbocycles. The summed E-state index contributed by atoms with van der Waals surface area (Å²) in [6.45, 7) is 4.01. The maximum atomic E-state index is 12.3. The van der Waals surface area contributed by atoms with Crippen LogP contribution in [0.25, 0.3) is 0 Å². The van der Waals surface area contributed by atoms with Gasteiger partial charge in [0.25, 0.3) is 0 Å². The van der Waals surface area contributed by atoms with Crippen LogP contribution in [0.15, 0.2) is 66.0 Å². The summed E-state index contributed by atoms with van der Waals surface area (Å²) in [5.41, 5.74) is 3.99. The number of thiophene rings is 1. The molecule has 0 saturated carbocycles. The highest BCUT2D eigenvalue weighted by molar-refractivity contribution is 7.10. The molecule has 1 atom stereocenters. The van der Waals surface area contributed by atoms with Gasteiger partial charge in [-0.1, -0.05) is 48.5 Å².